The van der Waals surface area contributed by atoms with E-state index in [1.165, 1.54) is 12.1 Å². The number of aryl methyl sites for hydroxylation is 2. The average molecular weight is 351 g/mol. The summed E-state index contributed by atoms with van der Waals surface area (Å²) in [5.74, 6) is -0.644. The standard InChI is InChI=1S/C20H18FN3O2/c1-13-12-16(8-9-17(13)22-3)24-18(25)20(2,23-19(24)26)11-10-14-4-6-15(21)7-5-14/h4-9,12H,10-11H2,1-2H3,(H,23,26)/t20-/m1/s1. The topological polar surface area (TPSA) is 53.8 Å². The molecule has 2 aromatic rings. The fourth-order valence-corrected chi connectivity index (χ4v) is 3.04. The highest BCUT2D eigenvalue weighted by Gasteiger charge is 2.48. The van der Waals surface area contributed by atoms with Crippen molar-refractivity contribution in [2.45, 2.75) is 32.2 Å². The molecule has 0 unspecified atom stereocenters. The number of halogens is 1. The Balaban J connectivity index is 1.80. The van der Waals surface area contributed by atoms with Crippen molar-refractivity contribution >= 4 is 23.3 Å². The lowest BCUT2D eigenvalue weighted by Gasteiger charge is -2.22. The van der Waals surface area contributed by atoms with Gasteiger partial charge in [-0.05, 0) is 62.1 Å². The highest BCUT2D eigenvalue weighted by molar-refractivity contribution is 6.23. The molecule has 0 aliphatic carbocycles. The molecule has 1 fully saturated rings. The number of benzene rings is 2. The van der Waals surface area contributed by atoms with Gasteiger partial charge in [0, 0.05) is 0 Å². The molecule has 2 aromatic carbocycles. The predicted molar refractivity (Wildman–Crippen MR) is 96.6 cm³/mol. The van der Waals surface area contributed by atoms with Crippen molar-refractivity contribution in [2.24, 2.45) is 0 Å². The number of rotatable bonds is 4. The number of urea groups is 1. The second kappa shape index (κ2) is 6.60. The predicted octanol–water partition coefficient (Wildman–Crippen LogP) is 4.13. The summed E-state index contributed by atoms with van der Waals surface area (Å²) in [5, 5.41) is 2.76. The van der Waals surface area contributed by atoms with Gasteiger partial charge in [0.2, 0.25) is 0 Å². The van der Waals surface area contributed by atoms with Gasteiger partial charge in [-0.15, -0.1) is 0 Å². The fourth-order valence-electron chi connectivity index (χ4n) is 3.04. The zero-order valence-corrected chi connectivity index (χ0v) is 14.5. The number of amides is 3. The molecule has 26 heavy (non-hydrogen) atoms. The van der Waals surface area contributed by atoms with E-state index in [4.69, 9.17) is 6.57 Å². The highest BCUT2D eigenvalue weighted by atomic mass is 19.1. The lowest BCUT2D eigenvalue weighted by Crippen LogP contribution is -2.44. The Morgan fingerprint density at radius 1 is 1.19 bits per heavy atom. The summed E-state index contributed by atoms with van der Waals surface area (Å²) in [6, 6.07) is 10.5. The van der Waals surface area contributed by atoms with Crippen LogP contribution in [0.3, 0.4) is 0 Å². The van der Waals surface area contributed by atoms with E-state index in [-0.39, 0.29) is 11.7 Å². The van der Waals surface area contributed by atoms with Crippen LogP contribution in [0.15, 0.2) is 42.5 Å². The Hall–Kier alpha value is -3.20. The van der Waals surface area contributed by atoms with Gasteiger partial charge in [0.25, 0.3) is 5.91 Å². The van der Waals surface area contributed by atoms with E-state index in [2.05, 4.69) is 10.2 Å². The van der Waals surface area contributed by atoms with Crippen molar-refractivity contribution < 1.29 is 14.0 Å². The first-order valence-electron chi connectivity index (χ1n) is 8.23. The minimum absolute atomic E-state index is 0.311. The van der Waals surface area contributed by atoms with E-state index < -0.39 is 11.6 Å². The van der Waals surface area contributed by atoms with Gasteiger partial charge in [-0.3, -0.25) is 4.79 Å². The fraction of sp³-hybridized carbons (Fsp3) is 0.250. The van der Waals surface area contributed by atoms with Gasteiger partial charge in [0.1, 0.15) is 11.4 Å². The number of carbonyl (C=O) groups is 2. The number of nitrogens with one attached hydrogen (secondary N) is 1. The smallest absolute Gasteiger partial charge is 0.323 e. The van der Waals surface area contributed by atoms with E-state index in [1.54, 1.807) is 44.2 Å². The Morgan fingerprint density at radius 3 is 2.50 bits per heavy atom. The molecule has 3 amide bonds. The third kappa shape index (κ3) is 3.16. The summed E-state index contributed by atoms with van der Waals surface area (Å²) < 4.78 is 13.0. The van der Waals surface area contributed by atoms with Gasteiger partial charge in [-0.2, -0.15) is 0 Å². The molecule has 1 atom stereocenters. The third-order valence-corrected chi connectivity index (χ3v) is 4.65. The molecule has 1 aliphatic rings. The first-order valence-corrected chi connectivity index (χ1v) is 8.23. The Kier molecular flexibility index (Phi) is 4.47. The molecule has 1 N–H and O–H groups in total. The quantitative estimate of drug-likeness (QED) is 0.665. The van der Waals surface area contributed by atoms with Gasteiger partial charge >= 0.3 is 6.03 Å². The largest absolute Gasteiger partial charge is 0.329 e. The molecule has 0 aromatic heterocycles. The van der Waals surface area contributed by atoms with Crippen molar-refractivity contribution in [3.05, 3.63) is 70.8 Å². The number of nitrogens with zero attached hydrogens (tertiary/aromatic N) is 2. The maximum absolute atomic E-state index is 13.0. The summed E-state index contributed by atoms with van der Waals surface area (Å²) in [5.41, 5.74) is 1.50. The number of carbonyl (C=O) groups excluding carboxylic acids is 2. The Bertz CT molecular complexity index is 918. The van der Waals surface area contributed by atoms with Crippen LogP contribution < -0.4 is 10.2 Å². The maximum atomic E-state index is 13.0. The van der Waals surface area contributed by atoms with E-state index in [0.717, 1.165) is 10.5 Å². The SMILES string of the molecule is [C-]#[N+]c1ccc(N2C(=O)N[C@](C)(CCc3ccc(F)cc3)C2=O)cc1C. The van der Waals surface area contributed by atoms with Crippen LogP contribution in [-0.4, -0.2) is 17.5 Å². The van der Waals surface area contributed by atoms with Crippen LogP contribution in [0.1, 0.15) is 24.5 Å². The second-order valence-electron chi connectivity index (χ2n) is 6.61. The second-order valence-corrected chi connectivity index (χ2v) is 6.61. The van der Waals surface area contributed by atoms with Crippen molar-refractivity contribution in [1.82, 2.24) is 5.32 Å². The molecule has 0 bridgehead atoms. The first kappa shape index (κ1) is 17.6. The summed E-state index contributed by atoms with van der Waals surface area (Å²) >= 11 is 0. The molecule has 3 rings (SSSR count). The molecule has 0 spiro atoms. The van der Waals surface area contributed by atoms with Crippen LogP contribution >= 0.6 is 0 Å². The van der Waals surface area contributed by atoms with Gasteiger partial charge in [-0.25, -0.2) is 18.9 Å². The van der Waals surface area contributed by atoms with Crippen LogP contribution in [0, 0.1) is 19.3 Å². The molecular formula is C20H18FN3O2. The third-order valence-electron chi connectivity index (χ3n) is 4.65. The lowest BCUT2D eigenvalue weighted by atomic mass is 9.93. The number of hydrogen-bond acceptors (Lipinski definition) is 2. The van der Waals surface area contributed by atoms with Crippen LogP contribution in [0.2, 0.25) is 0 Å². The summed E-state index contributed by atoms with van der Waals surface area (Å²) in [6.45, 7) is 10.6. The van der Waals surface area contributed by atoms with Crippen molar-refractivity contribution in [3.8, 4) is 0 Å². The zero-order valence-electron chi connectivity index (χ0n) is 14.5. The minimum atomic E-state index is -1.03. The van der Waals surface area contributed by atoms with Crippen molar-refractivity contribution in [1.29, 1.82) is 0 Å². The van der Waals surface area contributed by atoms with Crippen LogP contribution in [0.4, 0.5) is 20.6 Å². The van der Waals surface area contributed by atoms with Gasteiger partial charge in [0.15, 0.2) is 5.69 Å². The maximum Gasteiger partial charge on any atom is 0.329 e. The summed E-state index contributed by atoms with van der Waals surface area (Å²) in [7, 11) is 0. The van der Waals surface area contributed by atoms with E-state index in [1.807, 2.05) is 0 Å². The molecule has 1 heterocycles. The van der Waals surface area contributed by atoms with Gasteiger partial charge in [-0.1, -0.05) is 18.2 Å². The van der Waals surface area contributed by atoms with Crippen LogP contribution in [0.25, 0.3) is 4.85 Å². The minimum Gasteiger partial charge on any atom is -0.323 e. The van der Waals surface area contributed by atoms with E-state index in [9.17, 15) is 14.0 Å². The average Bonchev–Trinajstić information content (AvgIpc) is 2.83. The Labute approximate surface area is 151 Å². The van der Waals surface area contributed by atoms with Crippen LogP contribution in [-0.2, 0) is 11.2 Å². The van der Waals surface area contributed by atoms with Crippen molar-refractivity contribution in [3.63, 3.8) is 0 Å². The van der Waals surface area contributed by atoms with E-state index in [0.29, 0.717) is 29.8 Å². The number of hydrogen-bond donors (Lipinski definition) is 1. The van der Waals surface area contributed by atoms with Gasteiger partial charge in [0.05, 0.1) is 12.3 Å². The molecule has 1 aliphatic heterocycles. The summed E-state index contributed by atoms with van der Waals surface area (Å²) in [4.78, 5) is 29.8. The molecule has 6 heteroatoms. The highest BCUT2D eigenvalue weighted by Crippen LogP contribution is 2.31. The molecule has 5 nitrogen and oxygen atoms in total. The number of anilines is 1. The lowest BCUT2D eigenvalue weighted by molar-refractivity contribution is -0.121. The first-order chi connectivity index (χ1) is 12.3. The zero-order chi connectivity index (χ0) is 18.9. The molecule has 132 valence electrons. The number of imide groups is 1. The molecule has 0 saturated carbocycles. The summed E-state index contributed by atoms with van der Waals surface area (Å²) in [6.07, 6.45) is 0.936. The molecule has 0 radical (unpaired) electrons. The van der Waals surface area contributed by atoms with Crippen molar-refractivity contribution in [2.75, 3.05) is 4.90 Å². The normalized spacial score (nSPS) is 19.4. The van der Waals surface area contributed by atoms with Crippen LogP contribution in [0.5, 0.6) is 0 Å². The Morgan fingerprint density at radius 2 is 1.88 bits per heavy atom. The van der Waals surface area contributed by atoms with E-state index >= 15 is 0 Å². The molecule has 1 saturated heterocycles. The monoisotopic (exact) mass is 351 g/mol. The van der Waals surface area contributed by atoms with Gasteiger partial charge < -0.3 is 5.32 Å². The molecular weight excluding hydrogens is 333 g/mol.